The second-order valence-electron chi connectivity index (χ2n) is 6.87. The number of hydrogen-bond donors (Lipinski definition) is 0. The van der Waals surface area contributed by atoms with Crippen LogP contribution in [0.4, 0.5) is 5.13 Å². The number of thiazole rings is 1. The maximum atomic E-state index is 12.6. The molecule has 0 unspecified atom stereocenters. The van der Waals surface area contributed by atoms with E-state index in [1.807, 2.05) is 19.2 Å². The van der Waals surface area contributed by atoms with Crippen molar-refractivity contribution in [3.05, 3.63) is 40.9 Å². The fraction of sp³-hybridized carbons (Fsp3) is 0.474. The molecule has 1 fully saturated rings. The highest BCUT2D eigenvalue weighted by Gasteiger charge is 2.23. The lowest BCUT2D eigenvalue weighted by molar-refractivity contribution is -0.130. The Kier molecular flexibility index (Phi) is 6.16. The van der Waals surface area contributed by atoms with Gasteiger partial charge in [-0.3, -0.25) is 4.79 Å². The van der Waals surface area contributed by atoms with E-state index in [4.69, 9.17) is 0 Å². The number of benzene rings is 1. The summed E-state index contributed by atoms with van der Waals surface area (Å²) >= 11 is 1.62. The topological polar surface area (TPSA) is 70.6 Å². The zero-order valence-corrected chi connectivity index (χ0v) is 17.4. The van der Waals surface area contributed by atoms with Crippen LogP contribution in [0, 0.1) is 13.8 Å². The van der Waals surface area contributed by atoms with Crippen LogP contribution < -0.4 is 4.90 Å². The van der Waals surface area contributed by atoms with Crippen LogP contribution in [0.2, 0.25) is 0 Å². The van der Waals surface area contributed by atoms with Crippen molar-refractivity contribution in [1.82, 2.24) is 9.88 Å². The number of carbonyl (C=O) groups is 1. The molecule has 1 amide bonds. The summed E-state index contributed by atoms with van der Waals surface area (Å²) in [6.45, 7) is 6.73. The van der Waals surface area contributed by atoms with Gasteiger partial charge in [-0.05, 0) is 32.4 Å². The van der Waals surface area contributed by atoms with Crippen LogP contribution in [0.25, 0.3) is 0 Å². The van der Waals surface area contributed by atoms with Gasteiger partial charge in [0.2, 0.25) is 5.91 Å². The number of aromatic nitrogens is 1. The van der Waals surface area contributed by atoms with E-state index in [-0.39, 0.29) is 23.0 Å². The quantitative estimate of drug-likeness (QED) is 0.762. The first-order chi connectivity index (χ1) is 12.8. The molecule has 3 rings (SSSR count). The third-order valence-corrected chi connectivity index (χ3v) is 7.44. The van der Waals surface area contributed by atoms with Crippen LogP contribution >= 0.6 is 11.3 Å². The van der Waals surface area contributed by atoms with Crippen LogP contribution in [0.1, 0.15) is 24.1 Å². The third kappa shape index (κ3) is 5.07. The molecule has 1 aromatic heterocycles. The lowest BCUT2D eigenvalue weighted by Crippen LogP contribution is -2.36. The number of amides is 1. The normalized spacial score (nSPS) is 15.6. The molecule has 146 valence electrons. The lowest BCUT2D eigenvalue weighted by atomic mass is 10.2. The van der Waals surface area contributed by atoms with Gasteiger partial charge in [0, 0.05) is 38.0 Å². The average Bonchev–Trinajstić information content (AvgIpc) is 2.92. The highest BCUT2D eigenvalue weighted by molar-refractivity contribution is 7.91. The average molecular weight is 408 g/mol. The molecule has 0 bridgehead atoms. The van der Waals surface area contributed by atoms with Crippen molar-refractivity contribution in [1.29, 1.82) is 0 Å². The molecule has 0 atom stereocenters. The molecule has 27 heavy (non-hydrogen) atoms. The Hall–Kier alpha value is -1.93. The van der Waals surface area contributed by atoms with E-state index in [1.54, 1.807) is 40.5 Å². The van der Waals surface area contributed by atoms with Gasteiger partial charge in [0.25, 0.3) is 0 Å². The van der Waals surface area contributed by atoms with Crippen molar-refractivity contribution in [2.75, 3.05) is 36.8 Å². The minimum Gasteiger partial charge on any atom is -0.346 e. The molecule has 0 saturated carbocycles. The highest BCUT2D eigenvalue weighted by atomic mass is 32.2. The SMILES string of the molecule is Cc1ccc(S(=O)(=O)CCC(=O)N2CCCN(c3nc(C)cs3)CC2)cc1. The molecule has 6 nitrogen and oxygen atoms in total. The summed E-state index contributed by atoms with van der Waals surface area (Å²) in [5.41, 5.74) is 2.02. The standard InChI is InChI=1S/C19H25N3O3S2/c1-15-4-6-17(7-5-15)27(24,25)13-8-18(23)21-9-3-10-22(12-11-21)19-20-16(2)14-26-19/h4-7,14H,3,8-13H2,1-2H3. The van der Waals surface area contributed by atoms with Crippen molar-refractivity contribution < 1.29 is 13.2 Å². The van der Waals surface area contributed by atoms with E-state index >= 15 is 0 Å². The molecule has 1 saturated heterocycles. The molecule has 8 heteroatoms. The molecule has 0 spiro atoms. The van der Waals surface area contributed by atoms with E-state index in [0.29, 0.717) is 13.1 Å². The number of nitrogens with zero attached hydrogens (tertiary/aromatic N) is 3. The van der Waals surface area contributed by atoms with Crippen LogP contribution in [0.5, 0.6) is 0 Å². The number of hydrogen-bond acceptors (Lipinski definition) is 6. The number of aryl methyl sites for hydroxylation is 2. The van der Waals surface area contributed by atoms with Gasteiger partial charge in [-0.1, -0.05) is 17.7 Å². The van der Waals surface area contributed by atoms with Crippen LogP contribution in [0.3, 0.4) is 0 Å². The minimum absolute atomic E-state index is 0.0204. The largest absolute Gasteiger partial charge is 0.346 e. The number of anilines is 1. The summed E-state index contributed by atoms with van der Waals surface area (Å²) in [4.78, 5) is 21.3. The molecular weight excluding hydrogens is 382 g/mol. The van der Waals surface area contributed by atoms with Gasteiger partial charge in [-0.25, -0.2) is 13.4 Å². The second kappa shape index (κ2) is 8.39. The van der Waals surface area contributed by atoms with Crippen molar-refractivity contribution in [2.45, 2.75) is 31.6 Å². The van der Waals surface area contributed by atoms with E-state index in [1.165, 1.54) is 0 Å². The molecule has 1 aromatic carbocycles. The Bertz CT molecular complexity index is 891. The van der Waals surface area contributed by atoms with Gasteiger partial charge in [0.05, 0.1) is 16.3 Å². The Morgan fingerprint density at radius 2 is 1.85 bits per heavy atom. The van der Waals surface area contributed by atoms with E-state index in [2.05, 4.69) is 9.88 Å². The Morgan fingerprint density at radius 3 is 2.52 bits per heavy atom. The Labute approximate surface area is 164 Å². The maximum absolute atomic E-state index is 12.6. The molecule has 1 aliphatic heterocycles. The van der Waals surface area contributed by atoms with Crippen molar-refractivity contribution in [3.8, 4) is 0 Å². The predicted molar refractivity (Wildman–Crippen MR) is 108 cm³/mol. The summed E-state index contributed by atoms with van der Waals surface area (Å²) in [5, 5.41) is 3.02. The van der Waals surface area contributed by atoms with Crippen molar-refractivity contribution in [3.63, 3.8) is 0 Å². The van der Waals surface area contributed by atoms with Crippen LogP contribution in [0.15, 0.2) is 34.5 Å². The first-order valence-electron chi connectivity index (χ1n) is 9.09. The highest BCUT2D eigenvalue weighted by Crippen LogP contribution is 2.21. The molecule has 0 aliphatic carbocycles. The van der Waals surface area contributed by atoms with Gasteiger partial charge in [-0.2, -0.15) is 0 Å². The number of rotatable bonds is 5. The lowest BCUT2D eigenvalue weighted by Gasteiger charge is -2.21. The summed E-state index contributed by atoms with van der Waals surface area (Å²) in [6, 6.07) is 6.76. The zero-order valence-electron chi connectivity index (χ0n) is 15.7. The van der Waals surface area contributed by atoms with E-state index in [9.17, 15) is 13.2 Å². The number of sulfone groups is 1. The van der Waals surface area contributed by atoms with Crippen LogP contribution in [-0.2, 0) is 14.6 Å². The van der Waals surface area contributed by atoms with E-state index in [0.717, 1.165) is 35.9 Å². The Balaban J connectivity index is 1.55. The molecule has 0 radical (unpaired) electrons. The Morgan fingerprint density at radius 1 is 1.11 bits per heavy atom. The number of carbonyl (C=O) groups excluding carboxylic acids is 1. The molecule has 1 aliphatic rings. The van der Waals surface area contributed by atoms with Gasteiger partial charge >= 0.3 is 0 Å². The van der Waals surface area contributed by atoms with Gasteiger partial charge in [0.1, 0.15) is 0 Å². The fourth-order valence-electron chi connectivity index (χ4n) is 3.09. The zero-order chi connectivity index (χ0) is 19.4. The van der Waals surface area contributed by atoms with Gasteiger partial charge in [0.15, 0.2) is 15.0 Å². The van der Waals surface area contributed by atoms with Crippen LogP contribution in [-0.4, -0.2) is 56.1 Å². The predicted octanol–water partition coefficient (Wildman–Crippen LogP) is 2.66. The molecule has 0 N–H and O–H groups in total. The maximum Gasteiger partial charge on any atom is 0.223 e. The molecule has 2 aromatic rings. The fourth-order valence-corrected chi connectivity index (χ4v) is 5.18. The van der Waals surface area contributed by atoms with Crippen molar-refractivity contribution in [2.24, 2.45) is 0 Å². The first-order valence-corrected chi connectivity index (χ1v) is 11.6. The summed E-state index contributed by atoms with van der Waals surface area (Å²) in [7, 11) is -3.44. The summed E-state index contributed by atoms with van der Waals surface area (Å²) in [5.74, 6) is -0.247. The minimum atomic E-state index is -3.44. The van der Waals surface area contributed by atoms with E-state index < -0.39 is 9.84 Å². The third-order valence-electron chi connectivity index (χ3n) is 4.69. The second-order valence-corrected chi connectivity index (χ2v) is 9.82. The monoisotopic (exact) mass is 407 g/mol. The summed E-state index contributed by atoms with van der Waals surface area (Å²) < 4.78 is 24.9. The first kappa shape index (κ1) is 19.8. The molecular formula is C19H25N3O3S2. The smallest absolute Gasteiger partial charge is 0.223 e. The van der Waals surface area contributed by atoms with Gasteiger partial charge in [-0.15, -0.1) is 11.3 Å². The van der Waals surface area contributed by atoms with Gasteiger partial charge < -0.3 is 9.80 Å². The molecule has 2 heterocycles. The summed E-state index contributed by atoms with van der Waals surface area (Å²) in [6.07, 6.45) is 0.877. The van der Waals surface area contributed by atoms with Crippen molar-refractivity contribution >= 4 is 32.2 Å².